The van der Waals surface area contributed by atoms with Crippen molar-refractivity contribution in [1.82, 2.24) is 0 Å². The zero-order valence-corrected chi connectivity index (χ0v) is 11.2. The van der Waals surface area contributed by atoms with Crippen LogP contribution < -0.4 is 5.73 Å². The lowest BCUT2D eigenvalue weighted by Crippen LogP contribution is -2.28. The molecule has 0 spiro atoms. The minimum absolute atomic E-state index is 0.235. The van der Waals surface area contributed by atoms with Crippen molar-refractivity contribution in [2.45, 2.75) is 52.5 Å². The second kappa shape index (κ2) is 5.01. The molecular weight excluding hydrogens is 194 g/mol. The zero-order valence-electron chi connectivity index (χ0n) is 11.2. The van der Waals surface area contributed by atoms with E-state index in [1.54, 1.807) is 0 Å². The first-order valence-corrected chi connectivity index (χ1v) is 6.15. The van der Waals surface area contributed by atoms with E-state index in [1.807, 2.05) is 0 Å². The first-order chi connectivity index (χ1) is 7.30. The van der Waals surface area contributed by atoms with Crippen molar-refractivity contribution in [3.63, 3.8) is 0 Å². The molecule has 0 amide bonds. The minimum atomic E-state index is 0.235. The van der Waals surface area contributed by atoms with Crippen molar-refractivity contribution in [2.75, 3.05) is 0 Å². The van der Waals surface area contributed by atoms with Gasteiger partial charge in [0.25, 0.3) is 0 Å². The van der Waals surface area contributed by atoms with Crippen molar-refractivity contribution >= 4 is 0 Å². The van der Waals surface area contributed by atoms with Crippen molar-refractivity contribution in [3.05, 3.63) is 35.4 Å². The largest absolute Gasteiger partial charge is 0.327 e. The second-order valence-electron chi connectivity index (χ2n) is 6.06. The van der Waals surface area contributed by atoms with Crippen LogP contribution in [0.25, 0.3) is 0 Å². The summed E-state index contributed by atoms with van der Waals surface area (Å²) in [7, 11) is 0. The Bertz CT molecular complexity index is 316. The van der Waals surface area contributed by atoms with Gasteiger partial charge >= 0.3 is 0 Å². The zero-order chi connectivity index (χ0) is 12.3. The van der Waals surface area contributed by atoms with Crippen LogP contribution in [0, 0.1) is 5.92 Å². The summed E-state index contributed by atoms with van der Waals surface area (Å²) >= 11 is 0. The van der Waals surface area contributed by atoms with Gasteiger partial charge in [-0.05, 0) is 28.9 Å². The Hall–Kier alpha value is -0.820. The first-order valence-electron chi connectivity index (χ1n) is 6.15. The standard InChI is InChI=1S/C15H25N/c1-11(2)14(16)10-12-6-8-13(9-7-12)15(3,4)5/h6-9,11,14H,10,16H2,1-5H3. The Morgan fingerprint density at radius 1 is 1.06 bits per heavy atom. The molecule has 1 atom stereocenters. The summed E-state index contributed by atoms with van der Waals surface area (Å²) < 4.78 is 0. The minimum Gasteiger partial charge on any atom is -0.327 e. The molecule has 1 unspecified atom stereocenters. The Morgan fingerprint density at radius 2 is 1.56 bits per heavy atom. The smallest absolute Gasteiger partial charge is 0.0102 e. The van der Waals surface area contributed by atoms with Crippen LogP contribution in [0.1, 0.15) is 45.7 Å². The molecule has 0 aromatic heterocycles. The fourth-order valence-corrected chi connectivity index (χ4v) is 1.65. The van der Waals surface area contributed by atoms with E-state index in [9.17, 15) is 0 Å². The molecule has 90 valence electrons. The third-order valence-corrected chi connectivity index (χ3v) is 3.15. The summed E-state index contributed by atoms with van der Waals surface area (Å²) in [6.45, 7) is 11.1. The summed E-state index contributed by atoms with van der Waals surface area (Å²) in [4.78, 5) is 0. The van der Waals surface area contributed by atoms with Crippen LogP contribution in [-0.4, -0.2) is 6.04 Å². The lowest BCUT2D eigenvalue weighted by molar-refractivity contribution is 0.490. The number of hydrogen-bond donors (Lipinski definition) is 1. The van der Waals surface area contributed by atoms with Crippen molar-refractivity contribution in [2.24, 2.45) is 11.7 Å². The second-order valence-corrected chi connectivity index (χ2v) is 6.06. The highest BCUT2D eigenvalue weighted by Gasteiger charge is 2.13. The summed E-state index contributed by atoms with van der Waals surface area (Å²) in [6.07, 6.45) is 0.974. The van der Waals surface area contributed by atoms with Crippen LogP contribution in [0.15, 0.2) is 24.3 Å². The Labute approximate surface area is 100 Å². The maximum atomic E-state index is 6.07. The summed E-state index contributed by atoms with van der Waals surface area (Å²) in [6, 6.07) is 9.14. The molecule has 0 aliphatic carbocycles. The molecule has 1 aromatic rings. The van der Waals surface area contributed by atoms with Gasteiger partial charge in [-0.25, -0.2) is 0 Å². The molecule has 1 heteroatoms. The SMILES string of the molecule is CC(C)C(N)Cc1ccc(C(C)(C)C)cc1. The average Bonchev–Trinajstić information content (AvgIpc) is 2.17. The Kier molecular flexibility index (Phi) is 4.15. The highest BCUT2D eigenvalue weighted by Crippen LogP contribution is 2.22. The molecule has 0 aliphatic heterocycles. The average molecular weight is 219 g/mol. The highest BCUT2D eigenvalue weighted by atomic mass is 14.6. The molecule has 0 radical (unpaired) electrons. The van der Waals surface area contributed by atoms with Crippen molar-refractivity contribution in [1.29, 1.82) is 0 Å². The molecule has 1 rings (SSSR count). The predicted octanol–water partition coefficient (Wildman–Crippen LogP) is 3.51. The van der Waals surface area contributed by atoms with Crippen molar-refractivity contribution in [3.8, 4) is 0 Å². The van der Waals surface area contributed by atoms with Crippen LogP contribution in [0.3, 0.4) is 0 Å². The molecular formula is C15H25N. The van der Waals surface area contributed by atoms with Gasteiger partial charge in [-0.15, -0.1) is 0 Å². The summed E-state index contributed by atoms with van der Waals surface area (Å²) in [5, 5.41) is 0. The highest BCUT2D eigenvalue weighted by molar-refractivity contribution is 5.27. The molecule has 0 aliphatic rings. The van der Waals surface area contributed by atoms with Gasteiger partial charge in [-0.3, -0.25) is 0 Å². The number of rotatable bonds is 3. The van der Waals surface area contributed by atoms with E-state index in [0.29, 0.717) is 5.92 Å². The van der Waals surface area contributed by atoms with Crippen molar-refractivity contribution < 1.29 is 0 Å². The molecule has 1 nitrogen and oxygen atoms in total. The van der Waals surface area contributed by atoms with E-state index >= 15 is 0 Å². The van der Waals surface area contributed by atoms with E-state index in [1.165, 1.54) is 11.1 Å². The lowest BCUT2D eigenvalue weighted by atomic mass is 9.86. The van der Waals surface area contributed by atoms with Gasteiger partial charge in [0.15, 0.2) is 0 Å². The van der Waals surface area contributed by atoms with Gasteiger partial charge in [0.1, 0.15) is 0 Å². The predicted molar refractivity (Wildman–Crippen MR) is 71.7 cm³/mol. The number of benzene rings is 1. The number of hydrogen-bond acceptors (Lipinski definition) is 1. The molecule has 0 saturated carbocycles. The molecule has 0 bridgehead atoms. The van der Waals surface area contributed by atoms with Crippen LogP contribution in [0.5, 0.6) is 0 Å². The molecule has 1 aromatic carbocycles. The van der Waals surface area contributed by atoms with E-state index < -0.39 is 0 Å². The fraction of sp³-hybridized carbons (Fsp3) is 0.600. The molecule has 0 saturated heterocycles. The normalized spacial score (nSPS) is 14.2. The van der Waals surface area contributed by atoms with Gasteiger partial charge in [0.05, 0.1) is 0 Å². The van der Waals surface area contributed by atoms with Crippen LogP contribution >= 0.6 is 0 Å². The quantitative estimate of drug-likeness (QED) is 0.827. The van der Waals surface area contributed by atoms with Gasteiger partial charge < -0.3 is 5.73 Å². The molecule has 0 fully saturated rings. The van der Waals surface area contributed by atoms with Gasteiger partial charge in [-0.1, -0.05) is 58.9 Å². The summed E-state index contributed by atoms with van der Waals surface area (Å²) in [5.41, 5.74) is 9.03. The Balaban J connectivity index is 2.72. The maximum absolute atomic E-state index is 6.07. The maximum Gasteiger partial charge on any atom is 0.0102 e. The van der Waals surface area contributed by atoms with Gasteiger partial charge in [0.2, 0.25) is 0 Å². The first kappa shape index (κ1) is 13.2. The third kappa shape index (κ3) is 3.64. The van der Waals surface area contributed by atoms with Gasteiger partial charge in [-0.2, -0.15) is 0 Å². The number of nitrogens with two attached hydrogens (primary N) is 1. The van der Waals surface area contributed by atoms with E-state index in [2.05, 4.69) is 58.9 Å². The molecule has 0 heterocycles. The van der Waals surface area contributed by atoms with Crippen LogP contribution in [0.4, 0.5) is 0 Å². The monoisotopic (exact) mass is 219 g/mol. The Morgan fingerprint density at radius 3 is 1.94 bits per heavy atom. The fourth-order valence-electron chi connectivity index (χ4n) is 1.65. The molecule has 2 N–H and O–H groups in total. The summed E-state index contributed by atoms with van der Waals surface area (Å²) in [5.74, 6) is 0.544. The third-order valence-electron chi connectivity index (χ3n) is 3.15. The molecule has 16 heavy (non-hydrogen) atoms. The van der Waals surface area contributed by atoms with E-state index in [-0.39, 0.29) is 11.5 Å². The lowest BCUT2D eigenvalue weighted by Gasteiger charge is -2.20. The van der Waals surface area contributed by atoms with E-state index in [4.69, 9.17) is 5.73 Å². The van der Waals surface area contributed by atoms with Gasteiger partial charge in [0, 0.05) is 6.04 Å². The topological polar surface area (TPSA) is 26.0 Å². The van der Waals surface area contributed by atoms with Crippen LogP contribution in [-0.2, 0) is 11.8 Å². The van der Waals surface area contributed by atoms with Crippen LogP contribution in [0.2, 0.25) is 0 Å². The van der Waals surface area contributed by atoms with E-state index in [0.717, 1.165) is 6.42 Å².